The standard InChI is InChI=1S/C11H17N3O/c1-2-9-10(3-1)13-14-11(9)15-8-4-6-12-7-5-8/h8,12H,1-7H2,(H,13,14). The number of hydrogen-bond donors (Lipinski definition) is 2. The smallest absolute Gasteiger partial charge is 0.236 e. The lowest BCUT2D eigenvalue weighted by atomic mass is 10.1. The molecule has 1 aromatic heterocycles. The molecule has 0 spiro atoms. The van der Waals surface area contributed by atoms with Gasteiger partial charge in [-0.25, -0.2) is 0 Å². The Hall–Kier alpha value is -1.03. The van der Waals surface area contributed by atoms with Crippen molar-refractivity contribution in [3.63, 3.8) is 0 Å². The van der Waals surface area contributed by atoms with Gasteiger partial charge in [0.1, 0.15) is 6.10 Å². The van der Waals surface area contributed by atoms with Crippen LogP contribution in [-0.2, 0) is 12.8 Å². The van der Waals surface area contributed by atoms with E-state index in [1.807, 2.05) is 0 Å². The maximum Gasteiger partial charge on any atom is 0.236 e. The molecule has 0 saturated carbocycles. The van der Waals surface area contributed by atoms with E-state index in [1.54, 1.807) is 0 Å². The van der Waals surface area contributed by atoms with Crippen LogP contribution in [0.15, 0.2) is 0 Å². The summed E-state index contributed by atoms with van der Waals surface area (Å²) in [5, 5.41) is 10.7. The highest BCUT2D eigenvalue weighted by molar-refractivity contribution is 5.34. The minimum atomic E-state index is 0.360. The van der Waals surface area contributed by atoms with E-state index in [0.29, 0.717) is 6.10 Å². The quantitative estimate of drug-likeness (QED) is 0.761. The first kappa shape index (κ1) is 9.21. The number of piperidine rings is 1. The highest BCUT2D eigenvalue weighted by Gasteiger charge is 2.22. The fraction of sp³-hybridized carbons (Fsp3) is 0.727. The summed E-state index contributed by atoms with van der Waals surface area (Å²) in [5.41, 5.74) is 2.62. The molecule has 4 nitrogen and oxygen atoms in total. The van der Waals surface area contributed by atoms with E-state index in [1.165, 1.54) is 17.7 Å². The summed E-state index contributed by atoms with van der Waals surface area (Å²) in [4.78, 5) is 0. The Balaban J connectivity index is 1.70. The number of hydrogen-bond acceptors (Lipinski definition) is 3. The van der Waals surface area contributed by atoms with Crippen LogP contribution in [0.25, 0.3) is 0 Å². The number of aromatic amines is 1. The Morgan fingerprint density at radius 3 is 2.93 bits per heavy atom. The fourth-order valence-electron chi connectivity index (χ4n) is 2.46. The molecule has 0 amide bonds. The summed E-state index contributed by atoms with van der Waals surface area (Å²) in [6.45, 7) is 2.13. The van der Waals surface area contributed by atoms with Crippen molar-refractivity contribution in [3.8, 4) is 5.88 Å². The van der Waals surface area contributed by atoms with E-state index in [0.717, 1.165) is 44.7 Å². The van der Waals surface area contributed by atoms with Gasteiger partial charge in [-0.05, 0) is 45.2 Å². The highest BCUT2D eigenvalue weighted by atomic mass is 16.5. The highest BCUT2D eigenvalue weighted by Crippen LogP contribution is 2.29. The van der Waals surface area contributed by atoms with Gasteiger partial charge in [0.2, 0.25) is 5.88 Å². The van der Waals surface area contributed by atoms with Gasteiger partial charge in [-0.3, -0.25) is 5.10 Å². The van der Waals surface area contributed by atoms with Crippen molar-refractivity contribution in [2.75, 3.05) is 13.1 Å². The number of fused-ring (bicyclic) bond motifs is 1. The van der Waals surface area contributed by atoms with E-state index in [9.17, 15) is 0 Å². The second-order valence-corrected chi connectivity index (χ2v) is 4.41. The van der Waals surface area contributed by atoms with Crippen LogP contribution in [0.4, 0.5) is 0 Å². The average molecular weight is 207 g/mol. The molecule has 1 aromatic rings. The maximum atomic E-state index is 5.96. The van der Waals surface area contributed by atoms with Gasteiger partial charge >= 0.3 is 0 Å². The lowest BCUT2D eigenvalue weighted by Crippen LogP contribution is -2.34. The number of nitrogens with zero attached hydrogens (tertiary/aromatic N) is 1. The normalized spacial score (nSPS) is 21.6. The predicted molar refractivity (Wildman–Crippen MR) is 57.1 cm³/mol. The van der Waals surface area contributed by atoms with Gasteiger partial charge in [0.05, 0.1) is 0 Å². The number of nitrogens with one attached hydrogen (secondary N) is 2. The van der Waals surface area contributed by atoms with Gasteiger partial charge in [-0.15, -0.1) is 5.10 Å². The molecular weight excluding hydrogens is 190 g/mol. The Morgan fingerprint density at radius 1 is 1.20 bits per heavy atom. The predicted octanol–water partition coefficient (Wildman–Crippen LogP) is 1.03. The monoisotopic (exact) mass is 207 g/mol. The first-order valence-corrected chi connectivity index (χ1v) is 5.87. The molecule has 1 aliphatic carbocycles. The molecule has 0 bridgehead atoms. The van der Waals surface area contributed by atoms with Crippen LogP contribution in [0.2, 0.25) is 0 Å². The van der Waals surface area contributed by atoms with Crippen LogP contribution in [-0.4, -0.2) is 29.4 Å². The summed E-state index contributed by atoms with van der Waals surface area (Å²) >= 11 is 0. The molecule has 0 unspecified atom stereocenters. The molecule has 1 aliphatic heterocycles. The summed E-state index contributed by atoms with van der Waals surface area (Å²) in [6, 6.07) is 0. The van der Waals surface area contributed by atoms with Gasteiger partial charge in [0.15, 0.2) is 0 Å². The van der Waals surface area contributed by atoms with Crippen LogP contribution < -0.4 is 10.1 Å². The lowest BCUT2D eigenvalue weighted by Gasteiger charge is -2.22. The fourth-order valence-corrected chi connectivity index (χ4v) is 2.46. The Labute approximate surface area is 89.4 Å². The van der Waals surface area contributed by atoms with E-state index in [4.69, 9.17) is 4.74 Å². The third kappa shape index (κ3) is 1.74. The van der Waals surface area contributed by atoms with Crippen molar-refractivity contribution in [1.82, 2.24) is 15.5 Å². The van der Waals surface area contributed by atoms with Crippen LogP contribution >= 0.6 is 0 Å². The molecular formula is C11H17N3O. The number of H-pyrrole nitrogens is 1. The first-order valence-electron chi connectivity index (χ1n) is 5.87. The SMILES string of the molecule is C1Cc2[nH]nc(OC3CCNCC3)c2C1. The van der Waals surface area contributed by atoms with Crippen molar-refractivity contribution in [2.24, 2.45) is 0 Å². The Kier molecular flexibility index (Phi) is 2.37. The van der Waals surface area contributed by atoms with Gasteiger partial charge in [0, 0.05) is 11.3 Å². The van der Waals surface area contributed by atoms with Crippen LogP contribution in [0, 0.1) is 0 Å². The average Bonchev–Trinajstić information content (AvgIpc) is 2.85. The number of aromatic nitrogens is 2. The van der Waals surface area contributed by atoms with Crippen LogP contribution in [0.1, 0.15) is 30.5 Å². The minimum Gasteiger partial charge on any atom is -0.473 e. The third-order valence-electron chi connectivity index (χ3n) is 3.33. The Morgan fingerprint density at radius 2 is 2.07 bits per heavy atom. The van der Waals surface area contributed by atoms with E-state index in [2.05, 4.69) is 15.5 Å². The van der Waals surface area contributed by atoms with Crippen molar-refractivity contribution >= 4 is 0 Å². The molecule has 15 heavy (non-hydrogen) atoms. The zero-order valence-electron chi connectivity index (χ0n) is 8.88. The third-order valence-corrected chi connectivity index (χ3v) is 3.33. The molecule has 2 heterocycles. The summed E-state index contributed by atoms with van der Waals surface area (Å²) < 4.78 is 5.96. The van der Waals surface area contributed by atoms with Gasteiger partial charge in [-0.2, -0.15) is 0 Å². The lowest BCUT2D eigenvalue weighted by molar-refractivity contribution is 0.154. The molecule has 4 heteroatoms. The minimum absolute atomic E-state index is 0.360. The van der Waals surface area contributed by atoms with Crippen molar-refractivity contribution in [1.29, 1.82) is 0 Å². The van der Waals surface area contributed by atoms with Crippen LogP contribution in [0.3, 0.4) is 0 Å². The van der Waals surface area contributed by atoms with Crippen molar-refractivity contribution < 1.29 is 4.74 Å². The topological polar surface area (TPSA) is 49.9 Å². The van der Waals surface area contributed by atoms with Gasteiger partial charge in [0.25, 0.3) is 0 Å². The van der Waals surface area contributed by atoms with E-state index >= 15 is 0 Å². The van der Waals surface area contributed by atoms with Gasteiger partial charge in [-0.1, -0.05) is 0 Å². The summed E-state index contributed by atoms with van der Waals surface area (Å²) in [7, 11) is 0. The molecule has 2 aliphatic rings. The first-order chi connectivity index (χ1) is 7.43. The maximum absolute atomic E-state index is 5.96. The molecule has 2 N–H and O–H groups in total. The molecule has 3 rings (SSSR count). The second kappa shape index (κ2) is 3.85. The molecule has 1 fully saturated rings. The summed E-state index contributed by atoms with van der Waals surface area (Å²) in [5.74, 6) is 0.870. The molecule has 0 atom stereocenters. The largest absolute Gasteiger partial charge is 0.473 e. The molecule has 82 valence electrons. The molecule has 0 radical (unpaired) electrons. The second-order valence-electron chi connectivity index (χ2n) is 4.41. The van der Waals surface area contributed by atoms with E-state index < -0.39 is 0 Å². The van der Waals surface area contributed by atoms with Crippen molar-refractivity contribution in [2.45, 2.75) is 38.2 Å². The van der Waals surface area contributed by atoms with E-state index in [-0.39, 0.29) is 0 Å². The summed E-state index contributed by atoms with van der Waals surface area (Å²) in [6.07, 6.45) is 6.07. The molecule has 0 aromatic carbocycles. The molecule has 1 saturated heterocycles. The Bertz CT molecular complexity index is 342. The number of rotatable bonds is 2. The number of aryl methyl sites for hydroxylation is 1. The zero-order chi connectivity index (χ0) is 10.1. The number of ether oxygens (including phenoxy) is 1. The van der Waals surface area contributed by atoms with Gasteiger partial charge < -0.3 is 10.1 Å². The zero-order valence-corrected chi connectivity index (χ0v) is 8.88. The van der Waals surface area contributed by atoms with Crippen LogP contribution in [0.5, 0.6) is 5.88 Å². The van der Waals surface area contributed by atoms with Crippen molar-refractivity contribution in [3.05, 3.63) is 11.3 Å².